The number of likely N-dealkylation sites (tertiary alicyclic amines) is 1. The van der Waals surface area contributed by atoms with E-state index in [-0.39, 0.29) is 50.2 Å². The fraction of sp³-hybridized carbons (Fsp3) is 0.412. The molecule has 274 valence electrons. The second-order valence-corrected chi connectivity index (χ2v) is 17.9. The molecule has 0 unspecified atom stereocenters. The Kier molecular flexibility index (Phi) is 11.7. The summed E-state index contributed by atoms with van der Waals surface area (Å²) in [6, 6.07) is 16.0. The van der Waals surface area contributed by atoms with Crippen molar-refractivity contribution in [3.8, 4) is 11.5 Å². The first-order valence-electron chi connectivity index (χ1n) is 16.0. The average molecular weight is 853 g/mol. The number of methoxy groups -OCH3 is 2. The number of benzene rings is 3. The van der Waals surface area contributed by atoms with E-state index in [0.29, 0.717) is 26.2 Å². The van der Waals surface area contributed by atoms with Crippen LogP contribution in [0.15, 0.2) is 85.7 Å². The second-order valence-electron chi connectivity index (χ2n) is 13.2. The van der Waals surface area contributed by atoms with Gasteiger partial charge in [-0.15, -0.1) is 5.11 Å². The molecule has 0 saturated carbocycles. The minimum Gasteiger partial charge on any atom is -0.497 e. The molecule has 0 spiro atoms. The molecule has 2 heterocycles. The van der Waals surface area contributed by atoms with E-state index < -0.39 is 47.6 Å². The van der Waals surface area contributed by atoms with Gasteiger partial charge in [-0.2, -0.15) is 9.42 Å². The molecule has 5 rings (SSSR count). The summed E-state index contributed by atoms with van der Waals surface area (Å²) >= 11 is 1.95. The molecule has 1 saturated heterocycles. The topological polar surface area (TPSA) is 169 Å². The van der Waals surface area contributed by atoms with Crippen molar-refractivity contribution in [1.29, 1.82) is 0 Å². The van der Waals surface area contributed by atoms with Crippen molar-refractivity contribution in [2.75, 3.05) is 34.0 Å². The molecular formula is C34H41IN6O8S2. The lowest BCUT2D eigenvalue weighted by Crippen LogP contribution is -2.42. The molecule has 2 aliphatic rings. The maximum absolute atomic E-state index is 15.1. The SMILES string of the molecule is COc1ccc(CN(Cc2ccc(OC)cc2)S(=O)(=O)c2c(S(=O)(=O)N[C@H]3CN(C(=O)OC(C)(C)C)C[C@@H]3C)ccc(I)c2C2=NCN=N2)cc1. The molecule has 17 heteroatoms. The van der Waals surface area contributed by atoms with Crippen LogP contribution in [0, 0.1) is 9.49 Å². The van der Waals surface area contributed by atoms with Crippen LogP contribution in [-0.4, -0.2) is 83.6 Å². The van der Waals surface area contributed by atoms with E-state index in [0.717, 1.165) is 0 Å². The van der Waals surface area contributed by atoms with Gasteiger partial charge in [0.25, 0.3) is 0 Å². The van der Waals surface area contributed by atoms with Gasteiger partial charge in [-0.05, 0) is 96.8 Å². The lowest BCUT2D eigenvalue weighted by Gasteiger charge is -2.26. The normalized spacial score (nSPS) is 17.9. The number of aliphatic imine (C=N–C) groups is 1. The summed E-state index contributed by atoms with van der Waals surface area (Å²) < 4.78 is 79.5. The fourth-order valence-corrected chi connectivity index (χ4v) is 10.3. The van der Waals surface area contributed by atoms with E-state index in [1.807, 2.05) is 29.5 Å². The van der Waals surface area contributed by atoms with Crippen molar-refractivity contribution in [3.63, 3.8) is 0 Å². The molecule has 51 heavy (non-hydrogen) atoms. The zero-order chi connectivity index (χ0) is 37.1. The van der Waals surface area contributed by atoms with Gasteiger partial charge < -0.3 is 19.1 Å². The Morgan fingerprint density at radius 2 is 1.49 bits per heavy atom. The van der Waals surface area contributed by atoms with Gasteiger partial charge in [0.1, 0.15) is 26.9 Å². The first-order valence-corrected chi connectivity index (χ1v) is 20.0. The molecule has 0 aliphatic carbocycles. The van der Waals surface area contributed by atoms with Gasteiger partial charge in [0.05, 0.1) is 19.8 Å². The van der Waals surface area contributed by atoms with E-state index >= 15 is 8.42 Å². The minimum absolute atomic E-state index is 0.00852. The summed E-state index contributed by atoms with van der Waals surface area (Å²) in [7, 11) is -6.11. The summed E-state index contributed by atoms with van der Waals surface area (Å²) in [6.07, 6.45) is -0.562. The molecule has 0 aromatic heterocycles. The zero-order valence-electron chi connectivity index (χ0n) is 29.2. The summed E-state index contributed by atoms with van der Waals surface area (Å²) in [5.74, 6) is 0.900. The third-order valence-corrected chi connectivity index (χ3v) is 12.7. The van der Waals surface area contributed by atoms with E-state index in [2.05, 4.69) is 19.9 Å². The van der Waals surface area contributed by atoms with E-state index in [1.165, 1.54) is 35.6 Å². The molecule has 1 N–H and O–H groups in total. The number of carbonyl (C=O) groups is 1. The van der Waals surface area contributed by atoms with Crippen LogP contribution >= 0.6 is 22.6 Å². The number of hydrogen-bond donors (Lipinski definition) is 1. The highest BCUT2D eigenvalue weighted by molar-refractivity contribution is 14.1. The van der Waals surface area contributed by atoms with Crippen molar-refractivity contribution in [2.45, 2.75) is 62.2 Å². The largest absolute Gasteiger partial charge is 0.497 e. The highest BCUT2D eigenvalue weighted by atomic mass is 127. The van der Waals surface area contributed by atoms with Crippen molar-refractivity contribution in [3.05, 3.63) is 80.9 Å². The van der Waals surface area contributed by atoms with Gasteiger partial charge in [-0.25, -0.2) is 31.3 Å². The number of amides is 1. The molecule has 3 aromatic carbocycles. The monoisotopic (exact) mass is 852 g/mol. The standard InChI is InChI=1S/C34H41IN6O8S2/c1-22-17-40(33(42)49-34(2,3)4)20-28(22)39-50(43,44)29-16-15-27(35)30(32-36-21-37-38-32)31(29)51(45,46)41(18-23-7-11-25(47-5)12-8-23)19-24-9-13-26(48-6)14-10-24/h7-16,22,28,39H,17-21H2,1-6H3/t22-,28-/m0/s1. The predicted molar refractivity (Wildman–Crippen MR) is 199 cm³/mol. The van der Waals surface area contributed by atoms with Gasteiger partial charge in [0.2, 0.25) is 20.0 Å². The molecule has 2 atom stereocenters. The molecule has 1 fully saturated rings. The number of rotatable bonds is 12. The molecule has 1 amide bonds. The summed E-state index contributed by atoms with van der Waals surface area (Å²) in [6.45, 7) is 7.13. The Morgan fingerprint density at radius 3 is 1.98 bits per heavy atom. The third-order valence-electron chi connectivity index (χ3n) is 8.24. The van der Waals surface area contributed by atoms with E-state index in [9.17, 15) is 13.2 Å². The fourth-order valence-electron chi connectivity index (χ4n) is 5.66. The molecule has 14 nitrogen and oxygen atoms in total. The van der Waals surface area contributed by atoms with Crippen molar-refractivity contribution in [2.24, 2.45) is 21.1 Å². The van der Waals surface area contributed by atoms with Crippen molar-refractivity contribution >= 4 is 54.6 Å². The summed E-state index contributed by atoms with van der Waals surface area (Å²) in [5.41, 5.74) is 0.580. The molecule has 0 bridgehead atoms. The van der Waals surface area contributed by atoms with Gasteiger partial charge >= 0.3 is 6.09 Å². The Labute approximate surface area is 312 Å². The van der Waals surface area contributed by atoms with Crippen LogP contribution in [0.4, 0.5) is 4.79 Å². The second kappa shape index (κ2) is 15.5. The van der Waals surface area contributed by atoms with Crippen LogP contribution in [-0.2, 0) is 37.9 Å². The molecule has 2 aliphatic heterocycles. The number of sulfonamides is 2. The lowest BCUT2D eigenvalue weighted by atomic mass is 10.1. The van der Waals surface area contributed by atoms with Crippen LogP contribution in [0.5, 0.6) is 11.5 Å². The average Bonchev–Trinajstić information content (AvgIpc) is 3.74. The van der Waals surface area contributed by atoms with Gasteiger partial charge in [0, 0.05) is 35.8 Å². The van der Waals surface area contributed by atoms with Crippen LogP contribution < -0.4 is 14.2 Å². The summed E-state index contributed by atoms with van der Waals surface area (Å²) in [5, 5.41) is 8.01. The molecule has 3 aromatic rings. The van der Waals surface area contributed by atoms with Gasteiger partial charge in [-0.3, -0.25) is 0 Å². The number of azo groups is 1. The van der Waals surface area contributed by atoms with Crippen LogP contribution in [0.1, 0.15) is 44.4 Å². The van der Waals surface area contributed by atoms with Crippen molar-refractivity contribution in [1.82, 2.24) is 13.9 Å². The highest BCUT2D eigenvalue weighted by Crippen LogP contribution is 2.35. The van der Waals surface area contributed by atoms with Crippen LogP contribution in [0.2, 0.25) is 0 Å². The zero-order valence-corrected chi connectivity index (χ0v) is 33.0. The van der Waals surface area contributed by atoms with E-state index in [4.69, 9.17) is 14.2 Å². The lowest BCUT2D eigenvalue weighted by molar-refractivity contribution is 0.0287. The number of nitrogens with zero attached hydrogens (tertiary/aromatic N) is 5. The van der Waals surface area contributed by atoms with Crippen LogP contribution in [0.25, 0.3) is 0 Å². The Hall–Kier alpha value is -3.65. The minimum atomic E-state index is -4.65. The number of halogens is 1. The van der Waals surface area contributed by atoms with Crippen molar-refractivity contribution < 1.29 is 35.8 Å². The Bertz CT molecular complexity index is 1980. The molecular weight excluding hydrogens is 811 g/mol. The number of hydrogen-bond acceptors (Lipinski definition) is 11. The Morgan fingerprint density at radius 1 is 0.922 bits per heavy atom. The number of nitrogens with one attached hydrogen (secondary N) is 1. The number of amidine groups is 1. The van der Waals surface area contributed by atoms with Crippen LogP contribution in [0.3, 0.4) is 0 Å². The maximum Gasteiger partial charge on any atom is 0.410 e. The predicted octanol–water partition coefficient (Wildman–Crippen LogP) is 5.40. The number of carbonyl (C=O) groups excluding carboxylic acids is 1. The summed E-state index contributed by atoms with van der Waals surface area (Å²) in [4.78, 5) is 17.6. The smallest absolute Gasteiger partial charge is 0.410 e. The van der Waals surface area contributed by atoms with E-state index in [1.54, 1.807) is 69.3 Å². The number of ether oxygens (including phenoxy) is 3. The van der Waals surface area contributed by atoms with Gasteiger partial charge in [0.15, 0.2) is 12.5 Å². The van der Waals surface area contributed by atoms with Gasteiger partial charge in [-0.1, -0.05) is 31.2 Å². The quantitative estimate of drug-likeness (QED) is 0.236. The first kappa shape index (κ1) is 38.6. The Balaban J connectivity index is 1.61. The first-order chi connectivity index (χ1) is 24.0. The third kappa shape index (κ3) is 9.05. The maximum atomic E-state index is 15.1. The molecule has 0 radical (unpaired) electrons. The highest BCUT2D eigenvalue weighted by Gasteiger charge is 2.41.